The van der Waals surface area contributed by atoms with E-state index in [2.05, 4.69) is 34.6 Å². The molecule has 0 bridgehead atoms. The van der Waals surface area contributed by atoms with E-state index in [0.717, 1.165) is 18.8 Å². The van der Waals surface area contributed by atoms with Gasteiger partial charge in [0.1, 0.15) is 0 Å². The van der Waals surface area contributed by atoms with E-state index in [1.165, 1.54) is 64.2 Å². The summed E-state index contributed by atoms with van der Waals surface area (Å²) in [5.74, 6) is 1.84. The van der Waals surface area contributed by atoms with Gasteiger partial charge in [0, 0.05) is 0 Å². The van der Waals surface area contributed by atoms with Gasteiger partial charge in [0.15, 0.2) is 0 Å². The molecule has 0 amide bonds. The van der Waals surface area contributed by atoms with Crippen LogP contribution < -0.4 is 0 Å². The minimum Gasteiger partial charge on any atom is -0.466 e. The van der Waals surface area contributed by atoms with Crippen LogP contribution in [-0.4, -0.2) is 24.8 Å². The maximum Gasteiger partial charge on any atom is 0.312 e. The second kappa shape index (κ2) is 12.5. The Morgan fingerprint density at radius 2 is 1.60 bits per heavy atom. The zero-order chi connectivity index (χ0) is 22.1. The van der Waals surface area contributed by atoms with E-state index in [1.807, 2.05) is 6.92 Å². The molecule has 0 N–H and O–H groups in total. The molecule has 176 valence electrons. The number of esters is 1. The predicted octanol–water partition coefficient (Wildman–Crippen LogP) is 7.56. The van der Waals surface area contributed by atoms with Gasteiger partial charge in [-0.15, -0.1) is 0 Å². The summed E-state index contributed by atoms with van der Waals surface area (Å²) in [6, 6.07) is 0. The fraction of sp³-hybridized carbons (Fsp3) is 0.963. The van der Waals surface area contributed by atoms with E-state index in [9.17, 15) is 4.79 Å². The number of fused-ring (bicyclic) bond motifs is 1. The molecule has 4 atom stereocenters. The average Bonchev–Trinajstić information content (AvgIpc) is 3.47. The SMILES string of the molecule is CCCCCCCCC(CCC1CCC2OC2C1)C(C(=O)OCC)(C(C)C)C(C)C. The van der Waals surface area contributed by atoms with Crippen LogP contribution in [0.2, 0.25) is 0 Å². The lowest BCUT2D eigenvalue weighted by atomic mass is 9.58. The molecule has 0 spiro atoms. The molecule has 1 aliphatic carbocycles. The lowest BCUT2D eigenvalue weighted by Gasteiger charge is -2.46. The Labute approximate surface area is 187 Å². The van der Waals surface area contributed by atoms with Gasteiger partial charge in [-0.3, -0.25) is 4.79 Å². The quantitative estimate of drug-likeness (QED) is 0.155. The number of hydrogen-bond donors (Lipinski definition) is 0. The van der Waals surface area contributed by atoms with Gasteiger partial charge in [-0.1, -0.05) is 79.6 Å². The third kappa shape index (κ3) is 6.47. The maximum atomic E-state index is 13.4. The van der Waals surface area contributed by atoms with Crippen LogP contribution in [-0.2, 0) is 14.3 Å². The van der Waals surface area contributed by atoms with Crippen molar-refractivity contribution in [2.45, 2.75) is 131 Å². The number of carbonyl (C=O) groups excluding carboxylic acids is 1. The molecular formula is C27H50O3. The number of carbonyl (C=O) groups is 1. The molecular weight excluding hydrogens is 372 g/mol. The number of unbranched alkanes of at least 4 members (excludes halogenated alkanes) is 5. The molecule has 4 unspecified atom stereocenters. The van der Waals surface area contributed by atoms with Crippen LogP contribution in [0, 0.1) is 29.1 Å². The summed E-state index contributed by atoms with van der Waals surface area (Å²) in [4.78, 5) is 13.4. The molecule has 3 heteroatoms. The topological polar surface area (TPSA) is 38.8 Å². The Morgan fingerprint density at radius 3 is 2.20 bits per heavy atom. The predicted molar refractivity (Wildman–Crippen MR) is 125 cm³/mol. The Bertz CT molecular complexity index is 490. The molecule has 0 aromatic rings. The lowest BCUT2D eigenvalue weighted by molar-refractivity contribution is -0.169. The summed E-state index contributed by atoms with van der Waals surface area (Å²) >= 11 is 0. The molecule has 0 aromatic carbocycles. The Balaban J connectivity index is 2.08. The summed E-state index contributed by atoms with van der Waals surface area (Å²) < 4.78 is 11.5. The number of hydrogen-bond acceptors (Lipinski definition) is 3. The van der Waals surface area contributed by atoms with E-state index in [4.69, 9.17) is 9.47 Å². The van der Waals surface area contributed by atoms with Crippen LogP contribution >= 0.6 is 0 Å². The third-order valence-electron chi connectivity index (χ3n) is 8.16. The first kappa shape index (κ1) is 25.7. The average molecular weight is 423 g/mol. The highest BCUT2D eigenvalue weighted by molar-refractivity contribution is 5.78. The Kier molecular flexibility index (Phi) is 10.7. The first-order chi connectivity index (χ1) is 14.4. The molecule has 1 saturated heterocycles. The van der Waals surface area contributed by atoms with Crippen LogP contribution in [0.25, 0.3) is 0 Å². The maximum absolute atomic E-state index is 13.4. The van der Waals surface area contributed by atoms with Crippen molar-refractivity contribution in [2.24, 2.45) is 29.1 Å². The first-order valence-corrected chi connectivity index (χ1v) is 13.2. The fourth-order valence-corrected chi connectivity index (χ4v) is 6.48. The number of ether oxygens (including phenoxy) is 2. The smallest absolute Gasteiger partial charge is 0.312 e. The van der Waals surface area contributed by atoms with Crippen molar-refractivity contribution < 1.29 is 14.3 Å². The summed E-state index contributed by atoms with van der Waals surface area (Å²) in [7, 11) is 0. The molecule has 2 fully saturated rings. The van der Waals surface area contributed by atoms with Gasteiger partial charge < -0.3 is 9.47 Å². The van der Waals surface area contributed by atoms with Crippen molar-refractivity contribution in [2.75, 3.05) is 6.61 Å². The molecule has 1 aliphatic heterocycles. The normalized spacial score (nSPS) is 24.7. The van der Waals surface area contributed by atoms with Crippen molar-refractivity contribution in [1.29, 1.82) is 0 Å². The van der Waals surface area contributed by atoms with Gasteiger partial charge in [-0.05, 0) is 62.7 Å². The minimum atomic E-state index is -0.368. The van der Waals surface area contributed by atoms with Crippen LogP contribution in [0.4, 0.5) is 0 Å². The minimum absolute atomic E-state index is 0.0558. The monoisotopic (exact) mass is 422 g/mol. The molecule has 0 aromatic heterocycles. The van der Waals surface area contributed by atoms with Gasteiger partial charge >= 0.3 is 5.97 Å². The van der Waals surface area contributed by atoms with Crippen molar-refractivity contribution >= 4 is 5.97 Å². The first-order valence-electron chi connectivity index (χ1n) is 13.2. The van der Waals surface area contributed by atoms with Crippen molar-refractivity contribution in [1.82, 2.24) is 0 Å². The third-order valence-corrected chi connectivity index (χ3v) is 8.16. The van der Waals surface area contributed by atoms with Gasteiger partial charge in [0.2, 0.25) is 0 Å². The molecule has 1 saturated carbocycles. The highest BCUT2D eigenvalue weighted by Gasteiger charge is 2.51. The zero-order valence-corrected chi connectivity index (χ0v) is 20.9. The van der Waals surface area contributed by atoms with Gasteiger partial charge in [0.25, 0.3) is 0 Å². The largest absolute Gasteiger partial charge is 0.466 e. The standard InChI is InChI=1S/C27H50O3/c1-7-9-10-11-12-13-14-23(17-15-22-16-18-24-25(19-22)30-24)27(20(3)4,21(5)6)26(28)29-8-2/h20-25H,7-19H2,1-6H3. The van der Waals surface area contributed by atoms with Gasteiger partial charge in [-0.25, -0.2) is 0 Å². The van der Waals surface area contributed by atoms with E-state index < -0.39 is 0 Å². The molecule has 3 nitrogen and oxygen atoms in total. The molecule has 30 heavy (non-hydrogen) atoms. The van der Waals surface area contributed by atoms with Crippen molar-refractivity contribution in [3.63, 3.8) is 0 Å². The van der Waals surface area contributed by atoms with Crippen LogP contribution in [0.3, 0.4) is 0 Å². The number of rotatable bonds is 15. The van der Waals surface area contributed by atoms with E-state index in [-0.39, 0.29) is 11.4 Å². The summed E-state index contributed by atoms with van der Waals surface area (Å²) in [5, 5.41) is 0. The van der Waals surface area contributed by atoms with Crippen molar-refractivity contribution in [3.05, 3.63) is 0 Å². The second-order valence-electron chi connectivity index (χ2n) is 10.7. The van der Waals surface area contributed by atoms with Gasteiger partial charge in [-0.2, -0.15) is 0 Å². The highest BCUT2D eigenvalue weighted by Crippen LogP contribution is 2.50. The Hall–Kier alpha value is -0.570. The summed E-state index contributed by atoms with van der Waals surface area (Å²) in [6.45, 7) is 13.7. The van der Waals surface area contributed by atoms with E-state index in [1.54, 1.807) is 0 Å². The van der Waals surface area contributed by atoms with Crippen LogP contribution in [0.5, 0.6) is 0 Å². The van der Waals surface area contributed by atoms with Crippen LogP contribution in [0.1, 0.15) is 119 Å². The van der Waals surface area contributed by atoms with Crippen LogP contribution in [0.15, 0.2) is 0 Å². The fourth-order valence-electron chi connectivity index (χ4n) is 6.48. The second-order valence-corrected chi connectivity index (χ2v) is 10.7. The molecule has 1 heterocycles. The molecule has 2 rings (SSSR count). The number of epoxide rings is 1. The lowest BCUT2D eigenvalue weighted by Crippen LogP contribution is -2.48. The van der Waals surface area contributed by atoms with E-state index in [0.29, 0.717) is 36.6 Å². The van der Waals surface area contributed by atoms with E-state index >= 15 is 0 Å². The Morgan fingerprint density at radius 1 is 0.933 bits per heavy atom. The highest BCUT2D eigenvalue weighted by atomic mass is 16.6. The van der Waals surface area contributed by atoms with Crippen molar-refractivity contribution in [3.8, 4) is 0 Å². The molecule has 0 radical (unpaired) electrons. The summed E-state index contributed by atoms with van der Waals surface area (Å²) in [6.07, 6.45) is 16.3. The van der Waals surface area contributed by atoms with Gasteiger partial charge in [0.05, 0.1) is 24.2 Å². The zero-order valence-electron chi connectivity index (χ0n) is 20.9. The molecule has 2 aliphatic rings. The summed E-state index contributed by atoms with van der Waals surface area (Å²) in [5.41, 5.74) is -0.368.